The van der Waals surface area contributed by atoms with Crippen molar-refractivity contribution in [3.8, 4) is 0 Å². The summed E-state index contributed by atoms with van der Waals surface area (Å²) in [6, 6.07) is 0. The second kappa shape index (κ2) is 7.39. The molecule has 0 saturated carbocycles. The molecule has 0 spiro atoms. The Morgan fingerprint density at radius 1 is 1.44 bits per heavy atom. The monoisotopic (exact) mass is 133 g/mol. The molecule has 1 heterocycles. The summed E-state index contributed by atoms with van der Waals surface area (Å²) in [4.78, 5) is 3.74. The van der Waals surface area contributed by atoms with Crippen LogP contribution in [0.5, 0.6) is 0 Å². The van der Waals surface area contributed by atoms with Gasteiger partial charge in [0.25, 0.3) is 0 Å². The molecule has 0 saturated heterocycles. The molecule has 4 heteroatoms. The number of aliphatic hydroxyl groups excluding tert-OH is 2. The zero-order valence-corrected chi connectivity index (χ0v) is 5.16. The van der Waals surface area contributed by atoms with Crippen LogP contribution in [0.25, 0.3) is 0 Å². The number of rotatable bonds is 1. The number of ether oxygens (including phenoxy) is 1. The molecule has 0 aromatic heterocycles. The fourth-order valence-corrected chi connectivity index (χ4v) is 0.264. The maximum absolute atomic E-state index is 7.62. The smallest absolute Gasteiger partial charge is 0.169 e. The predicted octanol–water partition coefficient (Wildman–Crippen LogP) is -0.984. The number of aliphatic hydroxyl groups is 2. The van der Waals surface area contributed by atoms with E-state index in [1.54, 1.807) is 0 Å². The standard InChI is InChI=1S/C3H5NO.C2H6O2/c1-2-5-3-4-1;3-1-2-4/h3H,1-2H2;3-4H,1-2H2. The van der Waals surface area contributed by atoms with Gasteiger partial charge < -0.3 is 14.9 Å². The molecule has 0 aromatic rings. The molecule has 1 rings (SSSR count). The lowest BCUT2D eigenvalue weighted by Gasteiger charge is -1.76. The van der Waals surface area contributed by atoms with Gasteiger partial charge in [-0.25, -0.2) is 0 Å². The second-order valence-electron chi connectivity index (χ2n) is 1.33. The van der Waals surface area contributed by atoms with E-state index in [1.165, 1.54) is 6.40 Å². The van der Waals surface area contributed by atoms with Crippen LogP contribution in [0, 0.1) is 0 Å². The maximum atomic E-state index is 7.62. The zero-order valence-electron chi connectivity index (χ0n) is 5.16. The first-order valence-electron chi connectivity index (χ1n) is 2.73. The molecule has 2 N–H and O–H groups in total. The topological polar surface area (TPSA) is 62.0 Å². The lowest BCUT2D eigenvalue weighted by Crippen LogP contribution is -1.85. The van der Waals surface area contributed by atoms with Crippen LogP contribution in [-0.2, 0) is 4.74 Å². The van der Waals surface area contributed by atoms with Gasteiger partial charge in [-0.15, -0.1) is 0 Å². The van der Waals surface area contributed by atoms with E-state index in [0.717, 1.165) is 13.2 Å². The Morgan fingerprint density at radius 2 is 2.11 bits per heavy atom. The normalized spacial score (nSPS) is 14.0. The van der Waals surface area contributed by atoms with Crippen LogP contribution in [0.1, 0.15) is 0 Å². The molecule has 1 aliphatic rings. The molecule has 4 nitrogen and oxygen atoms in total. The Bertz CT molecular complexity index is 66.6. The summed E-state index contributed by atoms with van der Waals surface area (Å²) in [6.07, 6.45) is 1.49. The largest absolute Gasteiger partial charge is 0.482 e. The Kier molecular flexibility index (Phi) is 6.89. The quantitative estimate of drug-likeness (QED) is 0.483. The molecule has 0 atom stereocenters. The molecular formula is C5H11NO3. The number of aliphatic imine (C=N–C) groups is 1. The molecule has 9 heavy (non-hydrogen) atoms. The number of hydrogen-bond acceptors (Lipinski definition) is 4. The van der Waals surface area contributed by atoms with E-state index in [4.69, 9.17) is 10.2 Å². The fourth-order valence-electron chi connectivity index (χ4n) is 0.264. The fraction of sp³-hybridized carbons (Fsp3) is 0.800. The van der Waals surface area contributed by atoms with Crippen LogP contribution in [0.15, 0.2) is 4.99 Å². The highest BCUT2D eigenvalue weighted by Crippen LogP contribution is 1.78. The van der Waals surface area contributed by atoms with Gasteiger partial charge in [-0.1, -0.05) is 0 Å². The van der Waals surface area contributed by atoms with Gasteiger partial charge in [0.2, 0.25) is 0 Å². The second-order valence-corrected chi connectivity index (χ2v) is 1.33. The van der Waals surface area contributed by atoms with Crippen molar-refractivity contribution in [2.45, 2.75) is 0 Å². The predicted molar refractivity (Wildman–Crippen MR) is 33.5 cm³/mol. The number of nitrogens with zero attached hydrogens (tertiary/aromatic N) is 1. The van der Waals surface area contributed by atoms with Crippen molar-refractivity contribution in [3.05, 3.63) is 0 Å². The molecule has 0 fully saturated rings. The van der Waals surface area contributed by atoms with E-state index in [2.05, 4.69) is 9.73 Å². The summed E-state index contributed by atoms with van der Waals surface area (Å²) in [5.74, 6) is 0. The molecule has 0 aromatic carbocycles. The first-order valence-corrected chi connectivity index (χ1v) is 2.73. The van der Waals surface area contributed by atoms with E-state index in [1.807, 2.05) is 0 Å². The van der Waals surface area contributed by atoms with Crippen LogP contribution >= 0.6 is 0 Å². The molecule has 0 amide bonds. The number of hydrogen-bond donors (Lipinski definition) is 2. The average Bonchev–Trinajstić information content (AvgIpc) is 2.43. The molecule has 0 bridgehead atoms. The third-order valence-electron chi connectivity index (χ3n) is 0.587. The molecule has 0 aliphatic carbocycles. The van der Waals surface area contributed by atoms with Crippen LogP contribution in [0.4, 0.5) is 0 Å². The highest BCUT2D eigenvalue weighted by molar-refractivity contribution is 5.47. The van der Waals surface area contributed by atoms with E-state index in [9.17, 15) is 0 Å². The van der Waals surface area contributed by atoms with E-state index < -0.39 is 0 Å². The Balaban J connectivity index is 0.000000148. The summed E-state index contributed by atoms with van der Waals surface area (Å²) in [7, 11) is 0. The van der Waals surface area contributed by atoms with Crippen molar-refractivity contribution in [1.82, 2.24) is 0 Å². The van der Waals surface area contributed by atoms with E-state index in [0.29, 0.717) is 0 Å². The summed E-state index contributed by atoms with van der Waals surface area (Å²) >= 11 is 0. The summed E-state index contributed by atoms with van der Waals surface area (Å²) in [5.41, 5.74) is 0. The molecule has 1 aliphatic heterocycles. The summed E-state index contributed by atoms with van der Waals surface area (Å²) in [6.45, 7) is 1.38. The zero-order chi connectivity index (χ0) is 6.95. The summed E-state index contributed by atoms with van der Waals surface area (Å²) in [5, 5.41) is 15.2. The van der Waals surface area contributed by atoms with Gasteiger partial charge in [-0.2, -0.15) is 0 Å². The Morgan fingerprint density at radius 3 is 2.22 bits per heavy atom. The third kappa shape index (κ3) is 7.39. The van der Waals surface area contributed by atoms with Crippen LogP contribution < -0.4 is 0 Å². The Hall–Kier alpha value is -0.610. The van der Waals surface area contributed by atoms with Gasteiger partial charge in [-0.05, 0) is 0 Å². The Labute approximate surface area is 53.8 Å². The van der Waals surface area contributed by atoms with E-state index >= 15 is 0 Å². The van der Waals surface area contributed by atoms with Gasteiger partial charge in [-0.3, -0.25) is 4.99 Å². The van der Waals surface area contributed by atoms with Crippen LogP contribution in [0.2, 0.25) is 0 Å². The van der Waals surface area contributed by atoms with Crippen LogP contribution in [0.3, 0.4) is 0 Å². The van der Waals surface area contributed by atoms with Crippen molar-refractivity contribution >= 4 is 6.40 Å². The minimum atomic E-state index is -0.125. The van der Waals surface area contributed by atoms with Crippen molar-refractivity contribution in [2.75, 3.05) is 26.4 Å². The van der Waals surface area contributed by atoms with Gasteiger partial charge in [0.15, 0.2) is 6.40 Å². The first kappa shape index (κ1) is 8.39. The van der Waals surface area contributed by atoms with Gasteiger partial charge in [0.1, 0.15) is 6.61 Å². The van der Waals surface area contributed by atoms with Crippen molar-refractivity contribution in [3.63, 3.8) is 0 Å². The molecule has 0 unspecified atom stereocenters. The maximum Gasteiger partial charge on any atom is 0.169 e. The molecular weight excluding hydrogens is 122 g/mol. The molecule has 0 radical (unpaired) electrons. The lowest BCUT2D eigenvalue weighted by atomic mass is 10.8. The molecule has 54 valence electrons. The van der Waals surface area contributed by atoms with Gasteiger partial charge in [0, 0.05) is 0 Å². The van der Waals surface area contributed by atoms with Crippen molar-refractivity contribution in [2.24, 2.45) is 4.99 Å². The van der Waals surface area contributed by atoms with Crippen molar-refractivity contribution in [1.29, 1.82) is 0 Å². The van der Waals surface area contributed by atoms with Crippen LogP contribution in [-0.4, -0.2) is 43.0 Å². The van der Waals surface area contributed by atoms with Crippen molar-refractivity contribution < 1.29 is 14.9 Å². The van der Waals surface area contributed by atoms with E-state index in [-0.39, 0.29) is 13.2 Å². The minimum Gasteiger partial charge on any atom is -0.482 e. The van der Waals surface area contributed by atoms with Gasteiger partial charge >= 0.3 is 0 Å². The highest BCUT2D eigenvalue weighted by atomic mass is 16.5. The highest BCUT2D eigenvalue weighted by Gasteiger charge is 1.84. The average molecular weight is 133 g/mol. The first-order chi connectivity index (χ1) is 4.41. The minimum absolute atomic E-state index is 0.125. The lowest BCUT2D eigenvalue weighted by molar-refractivity contribution is 0.186. The van der Waals surface area contributed by atoms with Gasteiger partial charge in [0.05, 0.1) is 19.8 Å². The SMILES string of the molecule is C1=NCCO1.OCCO. The third-order valence-corrected chi connectivity index (χ3v) is 0.587. The summed E-state index contributed by atoms with van der Waals surface area (Å²) < 4.78 is 4.65.